The molecule has 0 spiro atoms. The quantitative estimate of drug-likeness (QED) is 0.692. The summed E-state index contributed by atoms with van der Waals surface area (Å²) >= 11 is 1.36. The van der Waals surface area contributed by atoms with Crippen molar-refractivity contribution in [3.63, 3.8) is 0 Å². The number of esters is 1. The van der Waals surface area contributed by atoms with Crippen LogP contribution in [-0.2, 0) is 9.53 Å². The molecule has 3 aromatic rings. The lowest BCUT2D eigenvalue weighted by Crippen LogP contribution is -2.30. The van der Waals surface area contributed by atoms with Gasteiger partial charge in [-0.2, -0.15) is 0 Å². The maximum absolute atomic E-state index is 12.3. The minimum Gasteiger partial charge on any atom is -0.448 e. The van der Waals surface area contributed by atoms with Crippen molar-refractivity contribution in [2.24, 2.45) is 0 Å². The van der Waals surface area contributed by atoms with Crippen molar-refractivity contribution in [3.8, 4) is 0 Å². The average molecular weight is 353 g/mol. The van der Waals surface area contributed by atoms with Gasteiger partial charge in [0, 0.05) is 10.4 Å². The third kappa shape index (κ3) is 3.88. The Kier molecular flexibility index (Phi) is 4.86. The van der Waals surface area contributed by atoms with E-state index in [0.717, 1.165) is 26.9 Å². The molecule has 0 fully saturated rings. The van der Waals surface area contributed by atoms with Gasteiger partial charge < -0.3 is 10.1 Å². The fourth-order valence-electron chi connectivity index (χ4n) is 2.54. The van der Waals surface area contributed by atoms with Crippen molar-refractivity contribution in [2.75, 3.05) is 5.32 Å². The fraction of sp³-hybridized carbons (Fsp3) is 0.200. The zero-order chi connectivity index (χ0) is 18.0. The van der Waals surface area contributed by atoms with Crippen LogP contribution in [0.2, 0.25) is 0 Å². The van der Waals surface area contributed by atoms with E-state index in [1.165, 1.54) is 11.3 Å². The van der Waals surface area contributed by atoms with E-state index in [2.05, 4.69) is 5.32 Å². The Labute approximate surface area is 150 Å². The maximum Gasteiger partial charge on any atom is 0.349 e. The van der Waals surface area contributed by atoms with E-state index >= 15 is 0 Å². The normalized spacial score (nSPS) is 12.0. The average Bonchev–Trinajstić information content (AvgIpc) is 3.01. The van der Waals surface area contributed by atoms with Gasteiger partial charge in [-0.3, -0.25) is 4.79 Å². The van der Waals surface area contributed by atoms with Crippen molar-refractivity contribution in [2.45, 2.75) is 26.9 Å². The van der Waals surface area contributed by atoms with Gasteiger partial charge in [-0.05, 0) is 49.9 Å². The first-order valence-corrected chi connectivity index (χ1v) is 8.83. The molecule has 0 saturated carbocycles. The molecule has 0 saturated heterocycles. The first-order chi connectivity index (χ1) is 11.9. The number of carbonyl (C=O) groups excluding carboxylic acids is 2. The molecule has 0 radical (unpaired) electrons. The molecule has 1 aromatic heterocycles. The molecular weight excluding hydrogens is 334 g/mol. The Bertz CT molecular complexity index is 912. The first-order valence-electron chi connectivity index (χ1n) is 8.02. The summed E-state index contributed by atoms with van der Waals surface area (Å²) in [4.78, 5) is 25.1. The van der Waals surface area contributed by atoms with Crippen LogP contribution in [0, 0.1) is 13.8 Å². The highest BCUT2D eigenvalue weighted by atomic mass is 32.1. The Morgan fingerprint density at radius 2 is 1.84 bits per heavy atom. The van der Waals surface area contributed by atoms with Crippen LogP contribution in [0.15, 0.2) is 48.5 Å². The predicted octanol–water partition coefficient (Wildman–Crippen LogP) is 4.70. The number of hydrogen-bond donors (Lipinski definition) is 1. The summed E-state index contributed by atoms with van der Waals surface area (Å²) in [7, 11) is 0. The van der Waals surface area contributed by atoms with Gasteiger partial charge in [0.1, 0.15) is 4.88 Å². The van der Waals surface area contributed by atoms with E-state index in [4.69, 9.17) is 4.74 Å². The molecule has 25 heavy (non-hydrogen) atoms. The fourth-order valence-corrected chi connectivity index (χ4v) is 3.49. The summed E-state index contributed by atoms with van der Waals surface area (Å²) in [5.74, 6) is -0.828. The second-order valence-electron chi connectivity index (χ2n) is 6.00. The Morgan fingerprint density at radius 3 is 2.56 bits per heavy atom. The number of hydrogen-bond acceptors (Lipinski definition) is 4. The number of rotatable bonds is 4. The number of thiophene rings is 1. The largest absolute Gasteiger partial charge is 0.448 e. The first kappa shape index (κ1) is 17.2. The van der Waals surface area contributed by atoms with Crippen molar-refractivity contribution in [3.05, 3.63) is 64.5 Å². The van der Waals surface area contributed by atoms with Crippen LogP contribution in [0.4, 0.5) is 5.69 Å². The molecule has 0 unspecified atom stereocenters. The lowest BCUT2D eigenvalue weighted by molar-refractivity contribution is -0.123. The summed E-state index contributed by atoms with van der Waals surface area (Å²) in [5.41, 5.74) is 2.82. The topological polar surface area (TPSA) is 55.4 Å². The van der Waals surface area contributed by atoms with Gasteiger partial charge in [0.2, 0.25) is 0 Å². The molecule has 2 aromatic carbocycles. The number of carbonyl (C=O) groups is 2. The van der Waals surface area contributed by atoms with Gasteiger partial charge in [-0.15, -0.1) is 11.3 Å². The summed E-state index contributed by atoms with van der Waals surface area (Å²) in [6.07, 6.45) is -0.876. The number of nitrogens with one attached hydrogen (secondary N) is 1. The highest BCUT2D eigenvalue weighted by molar-refractivity contribution is 7.20. The zero-order valence-corrected chi connectivity index (χ0v) is 15.1. The second-order valence-corrected chi connectivity index (χ2v) is 7.09. The number of aryl methyl sites for hydroxylation is 2. The molecule has 1 heterocycles. The van der Waals surface area contributed by atoms with Gasteiger partial charge >= 0.3 is 5.97 Å². The highest BCUT2D eigenvalue weighted by Gasteiger charge is 2.21. The van der Waals surface area contributed by atoms with E-state index in [-0.39, 0.29) is 5.91 Å². The molecule has 0 aliphatic carbocycles. The van der Waals surface area contributed by atoms with Crippen LogP contribution in [0.1, 0.15) is 27.7 Å². The predicted molar refractivity (Wildman–Crippen MR) is 101 cm³/mol. The molecule has 0 aliphatic heterocycles. The van der Waals surface area contributed by atoms with Crippen LogP contribution in [0.25, 0.3) is 10.1 Å². The summed E-state index contributed by atoms with van der Waals surface area (Å²) in [6, 6.07) is 15.3. The number of fused-ring (bicyclic) bond motifs is 1. The number of anilines is 1. The van der Waals surface area contributed by atoms with Crippen molar-refractivity contribution in [1.82, 2.24) is 0 Å². The standard InChI is InChI=1S/C20H19NO3S/c1-12-8-9-16(13(2)10-12)21-19(22)14(3)24-20(23)18-11-15-6-4-5-7-17(15)25-18/h4-11,14H,1-3H3,(H,21,22)/t14-/m0/s1. The van der Waals surface area contributed by atoms with Gasteiger partial charge in [-0.25, -0.2) is 4.79 Å². The van der Waals surface area contributed by atoms with Crippen molar-refractivity contribution >= 4 is 39.0 Å². The van der Waals surface area contributed by atoms with Crippen LogP contribution in [-0.4, -0.2) is 18.0 Å². The molecule has 3 rings (SSSR count). The molecule has 5 heteroatoms. The molecule has 128 valence electrons. The smallest absolute Gasteiger partial charge is 0.349 e. The van der Waals surface area contributed by atoms with Gasteiger partial charge in [0.25, 0.3) is 5.91 Å². The van der Waals surface area contributed by atoms with Gasteiger partial charge in [0.15, 0.2) is 6.10 Å². The molecule has 0 aliphatic rings. The third-order valence-electron chi connectivity index (χ3n) is 3.92. The van der Waals surface area contributed by atoms with Gasteiger partial charge in [0.05, 0.1) is 0 Å². The molecule has 1 N–H and O–H groups in total. The zero-order valence-electron chi connectivity index (χ0n) is 14.3. The molecule has 1 atom stereocenters. The van der Waals surface area contributed by atoms with Crippen LogP contribution in [0.3, 0.4) is 0 Å². The Morgan fingerprint density at radius 1 is 1.08 bits per heavy atom. The lowest BCUT2D eigenvalue weighted by atomic mass is 10.1. The Hall–Kier alpha value is -2.66. The highest BCUT2D eigenvalue weighted by Crippen LogP contribution is 2.26. The SMILES string of the molecule is Cc1ccc(NC(=O)[C@H](C)OC(=O)c2cc3ccccc3s2)c(C)c1. The van der Waals surface area contributed by atoms with Crippen LogP contribution >= 0.6 is 11.3 Å². The van der Waals surface area contributed by atoms with Crippen LogP contribution in [0.5, 0.6) is 0 Å². The monoisotopic (exact) mass is 353 g/mol. The van der Waals surface area contributed by atoms with Crippen molar-refractivity contribution in [1.29, 1.82) is 0 Å². The third-order valence-corrected chi connectivity index (χ3v) is 5.02. The summed E-state index contributed by atoms with van der Waals surface area (Å²) in [5, 5.41) is 3.80. The summed E-state index contributed by atoms with van der Waals surface area (Å²) < 4.78 is 6.34. The minimum atomic E-state index is -0.876. The van der Waals surface area contributed by atoms with E-state index in [9.17, 15) is 9.59 Å². The van der Waals surface area contributed by atoms with Crippen molar-refractivity contribution < 1.29 is 14.3 Å². The molecule has 1 amide bonds. The number of amides is 1. The van der Waals surface area contributed by atoms with Crippen LogP contribution < -0.4 is 5.32 Å². The maximum atomic E-state index is 12.3. The Balaban J connectivity index is 1.67. The van der Waals surface area contributed by atoms with E-state index in [0.29, 0.717) is 4.88 Å². The van der Waals surface area contributed by atoms with E-state index in [1.807, 2.05) is 56.3 Å². The second kappa shape index (κ2) is 7.07. The lowest BCUT2D eigenvalue weighted by Gasteiger charge is -2.14. The molecule has 4 nitrogen and oxygen atoms in total. The van der Waals surface area contributed by atoms with E-state index in [1.54, 1.807) is 13.0 Å². The molecule has 0 bridgehead atoms. The summed E-state index contributed by atoms with van der Waals surface area (Å²) in [6.45, 7) is 5.49. The number of ether oxygens (including phenoxy) is 1. The van der Waals surface area contributed by atoms with Gasteiger partial charge in [-0.1, -0.05) is 35.9 Å². The van der Waals surface area contributed by atoms with E-state index < -0.39 is 12.1 Å². The minimum absolute atomic E-state index is 0.346. The number of benzene rings is 2. The molecular formula is C20H19NO3S.